The Morgan fingerprint density at radius 1 is 1.06 bits per heavy atom. The van der Waals surface area contributed by atoms with Gasteiger partial charge in [-0.3, -0.25) is 0 Å². The molecule has 0 spiro atoms. The van der Waals surface area contributed by atoms with Crippen molar-refractivity contribution in [2.45, 2.75) is 18.3 Å². The first-order valence-corrected chi connectivity index (χ1v) is 6.15. The summed E-state index contributed by atoms with van der Waals surface area (Å²) in [6.07, 6.45) is 1.99. The molecule has 2 aromatic carbocycles. The number of rotatable bonds is 1. The Kier molecular flexibility index (Phi) is 2.05. The van der Waals surface area contributed by atoms with Crippen molar-refractivity contribution in [2.24, 2.45) is 0 Å². The molecule has 1 fully saturated rings. The number of hydrogen-bond acceptors (Lipinski definition) is 1. The zero-order valence-electron chi connectivity index (χ0n) is 8.70. The Hall–Kier alpha value is -1.33. The SMILES string of the molecule is N#CC1(c2cccc3c(Br)cccc23)CC1. The molecule has 0 aromatic heterocycles. The number of nitriles is 1. The lowest BCUT2D eigenvalue weighted by Crippen LogP contribution is -2.03. The average molecular weight is 272 g/mol. The van der Waals surface area contributed by atoms with E-state index < -0.39 is 0 Å². The lowest BCUT2D eigenvalue weighted by molar-refractivity contribution is 0.920. The molecule has 78 valence electrons. The van der Waals surface area contributed by atoms with Crippen molar-refractivity contribution in [1.82, 2.24) is 0 Å². The van der Waals surface area contributed by atoms with Crippen molar-refractivity contribution >= 4 is 26.7 Å². The minimum absolute atomic E-state index is 0.208. The summed E-state index contributed by atoms with van der Waals surface area (Å²) in [7, 11) is 0. The summed E-state index contributed by atoms with van der Waals surface area (Å²) in [5, 5.41) is 11.7. The summed E-state index contributed by atoms with van der Waals surface area (Å²) in [6.45, 7) is 0. The van der Waals surface area contributed by atoms with Crippen molar-refractivity contribution in [3.8, 4) is 6.07 Å². The van der Waals surface area contributed by atoms with Crippen LogP contribution in [0.1, 0.15) is 18.4 Å². The first kappa shape index (κ1) is 9.86. The zero-order valence-corrected chi connectivity index (χ0v) is 10.3. The van der Waals surface area contributed by atoms with Gasteiger partial charge in [-0.2, -0.15) is 5.26 Å². The maximum atomic E-state index is 9.28. The third-order valence-corrected chi connectivity index (χ3v) is 4.04. The van der Waals surface area contributed by atoms with Gasteiger partial charge < -0.3 is 0 Å². The Bertz CT molecular complexity index is 606. The molecule has 2 aromatic rings. The lowest BCUT2D eigenvalue weighted by atomic mass is 9.92. The summed E-state index contributed by atoms with van der Waals surface area (Å²) in [6, 6.07) is 14.9. The molecule has 0 saturated heterocycles. The van der Waals surface area contributed by atoms with E-state index in [4.69, 9.17) is 0 Å². The van der Waals surface area contributed by atoms with Gasteiger partial charge >= 0.3 is 0 Å². The molecule has 0 heterocycles. The third kappa shape index (κ3) is 1.28. The van der Waals surface area contributed by atoms with E-state index in [0.717, 1.165) is 17.3 Å². The molecule has 0 aliphatic heterocycles. The molecule has 1 saturated carbocycles. The predicted molar refractivity (Wildman–Crippen MR) is 68.2 cm³/mol. The predicted octanol–water partition coefficient (Wildman–Crippen LogP) is 4.16. The molecule has 0 bridgehead atoms. The largest absolute Gasteiger partial charge is 0.197 e. The number of halogens is 1. The van der Waals surface area contributed by atoms with Crippen LogP contribution in [0.4, 0.5) is 0 Å². The van der Waals surface area contributed by atoms with E-state index in [2.05, 4.69) is 40.2 Å². The molecular weight excluding hydrogens is 262 g/mol. The fourth-order valence-corrected chi connectivity index (χ4v) is 2.75. The first-order valence-electron chi connectivity index (χ1n) is 5.36. The van der Waals surface area contributed by atoms with Crippen LogP contribution in [0.3, 0.4) is 0 Å². The van der Waals surface area contributed by atoms with E-state index in [1.54, 1.807) is 0 Å². The van der Waals surface area contributed by atoms with E-state index in [1.165, 1.54) is 16.3 Å². The standard InChI is InChI=1S/C14H10BrN/c15-13-6-2-3-10-11(13)4-1-5-12(10)14(9-16)7-8-14/h1-6H,7-8H2. The molecule has 0 atom stereocenters. The van der Waals surface area contributed by atoms with Gasteiger partial charge in [0.05, 0.1) is 11.5 Å². The van der Waals surface area contributed by atoms with E-state index in [1.807, 2.05) is 18.2 Å². The molecule has 16 heavy (non-hydrogen) atoms. The normalized spacial score (nSPS) is 17.0. The molecule has 1 aliphatic rings. The van der Waals surface area contributed by atoms with Gasteiger partial charge in [-0.25, -0.2) is 0 Å². The molecule has 0 N–H and O–H groups in total. The minimum Gasteiger partial charge on any atom is -0.197 e. The second-order valence-corrected chi connectivity index (χ2v) is 5.19. The van der Waals surface area contributed by atoms with Gasteiger partial charge in [0.2, 0.25) is 0 Å². The highest BCUT2D eigenvalue weighted by molar-refractivity contribution is 9.10. The van der Waals surface area contributed by atoms with Crippen molar-refractivity contribution in [3.63, 3.8) is 0 Å². The molecule has 0 unspecified atom stereocenters. The van der Waals surface area contributed by atoms with Crippen LogP contribution in [0, 0.1) is 11.3 Å². The van der Waals surface area contributed by atoms with Gasteiger partial charge in [-0.05, 0) is 35.2 Å². The second kappa shape index (κ2) is 3.33. The van der Waals surface area contributed by atoms with E-state index in [-0.39, 0.29) is 5.41 Å². The highest BCUT2D eigenvalue weighted by atomic mass is 79.9. The van der Waals surface area contributed by atoms with Gasteiger partial charge in [-0.15, -0.1) is 0 Å². The van der Waals surface area contributed by atoms with E-state index in [0.29, 0.717) is 0 Å². The van der Waals surface area contributed by atoms with Crippen molar-refractivity contribution < 1.29 is 0 Å². The monoisotopic (exact) mass is 271 g/mol. The van der Waals surface area contributed by atoms with Crippen molar-refractivity contribution in [1.29, 1.82) is 5.26 Å². The number of nitrogens with zero attached hydrogens (tertiary/aromatic N) is 1. The van der Waals surface area contributed by atoms with Crippen LogP contribution in [0.5, 0.6) is 0 Å². The van der Waals surface area contributed by atoms with Gasteiger partial charge in [0.25, 0.3) is 0 Å². The maximum absolute atomic E-state index is 9.28. The van der Waals surface area contributed by atoms with Gasteiger partial charge in [0.1, 0.15) is 0 Å². The minimum atomic E-state index is -0.208. The number of hydrogen-bond donors (Lipinski definition) is 0. The fourth-order valence-electron chi connectivity index (χ4n) is 2.26. The summed E-state index contributed by atoms with van der Waals surface area (Å²) in [5.74, 6) is 0. The van der Waals surface area contributed by atoms with Crippen LogP contribution in [0.15, 0.2) is 40.9 Å². The Balaban J connectivity index is 2.35. The number of benzene rings is 2. The zero-order chi connectivity index (χ0) is 11.2. The molecular formula is C14H10BrN. The molecule has 2 heteroatoms. The van der Waals surface area contributed by atoms with E-state index >= 15 is 0 Å². The highest BCUT2D eigenvalue weighted by Crippen LogP contribution is 2.50. The molecule has 0 radical (unpaired) electrons. The summed E-state index contributed by atoms with van der Waals surface area (Å²) in [4.78, 5) is 0. The summed E-state index contributed by atoms with van der Waals surface area (Å²) >= 11 is 3.56. The van der Waals surface area contributed by atoms with Crippen LogP contribution in [0.25, 0.3) is 10.8 Å². The summed E-state index contributed by atoms with van der Waals surface area (Å²) < 4.78 is 1.10. The van der Waals surface area contributed by atoms with Crippen molar-refractivity contribution in [3.05, 3.63) is 46.4 Å². The Morgan fingerprint density at radius 3 is 2.44 bits per heavy atom. The Labute approximate surface area is 103 Å². The molecule has 1 nitrogen and oxygen atoms in total. The van der Waals surface area contributed by atoms with Crippen LogP contribution in [0.2, 0.25) is 0 Å². The van der Waals surface area contributed by atoms with E-state index in [9.17, 15) is 5.26 Å². The van der Waals surface area contributed by atoms with Crippen LogP contribution < -0.4 is 0 Å². The van der Waals surface area contributed by atoms with Crippen LogP contribution in [-0.4, -0.2) is 0 Å². The third-order valence-electron chi connectivity index (χ3n) is 3.35. The smallest absolute Gasteiger partial charge is 0.0829 e. The maximum Gasteiger partial charge on any atom is 0.0829 e. The van der Waals surface area contributed by atoms with Crippen LogP contribution in [-0.2, 0) is 5.41 Å². The van der Waals surface area contributed by atoms with Crippen molar-refractivity contribution in [2.75, 3.05) is 0 Å². The second-order valence-electron chi connectivity index (χ2n) is 4.33. The average Bonchev–Trinajstić information content (AvgIpc) is 3.10. The van der Waals surface area contributed by atoms with Gasteiger partial charge in [-0.1, -0.05) is 46.3 Å². The molecule has 3 rings (SSSR count). The number of fused-ring (bicyclic) bond motifs is 1. The quantitative estimate of drug-likeness (QED) is 0.764. The first-order chi connectivity index (χ1) is 7.77. The van der Waals surface area contributed by atoms with Gasteiger partial charge in [0, 0.05) is 4.47 Å². The fraction of sp³-hybridized carbons (Fsp3) is 0.214. The Morgan fingerprint density at radius 2 is 1.75 bits per heavy atom. The topological polar surface area (TPSA) is 23.8 Å². The molecule has 1 aliphatic carbocycles. The molecule has 0 amide bonds. The lowest BCUT2D eigenvalue weighted by Gasteiger charge is -2.11. The van der Waals surface area contributed by atoms with Gasteiger partial charge in [0.15, 0.2) is 0 Å². The van der Waals surface area contributed by atoms with Crippen LogP contribution >= 0.6 is 15.9 Å². The highest BCUT2D eigenvalue weighted by Gasteiger charge is 2.45. The summed E-state index contributed by atoms with van der Waals surface area (Å²) in [5.41, 5.74) is 0.981.